The fourth-order valence-corrected chi connectivity index (χ4v) is 4.38. The molecule has 1 heterocycles. The van der Waals surface area contributed by atoms with Gasteiger partial charge in [-0.1, -0.05) is 18.2 Å². The number of ether oxygens (including phenoxy) is 2. The van der Waals surface area contributed by atoms with E-state index in [1.807, 2.05) is 32.0 Å². The third-order valence-electron chi connectivity index (χ3n) is 4.93. The fraction of sp³-hybridized carbons (Fsp3) is 0.360. The summed E-state index contributed by atoms with van der Waals surface area (Å²) >= 11 is 0. The number of benzene rings is 2. The van der Waals surface area contributed by atoms with Gasteiger partial charge in [-0.05, 0) is 57.0 Å². The van der Waals surface area contributed by atoms with E-state index in [2.05, 4.69) is 10.3 Å². The van der Waals surface area contributed by atoms with Crippen molar-refractivity contribution in [2.24, 2.45) is 0 Å². The van der Waals surface area contributed by atoms with Crippen molar-refractivity contribution in [3.8, 4) is 23.0 Å². The van der Waals surface area contributed by atoms with Gasteiger partial charge in [0.25, 0.3) is 0 Å². The highest BCUT2D eigenvalue weighted by molar-refractivity contribution is 7.84. The third kappa shape index (κ3) is 6.90. The van der Waals surface area contributed by atoms with Gasteiger partial charge in [-0.3, -0.25) is 9.00 Å². The number of aromatic nitrogens is 1. The number of rotatable bonds is 12. The van der Waals surface area contributed by atoms with Gasteiger partial charge in [-0.25, -0.2) is 9.37 Å². The summed E-state index contributed by atoms with van der Waals surface area (Å²) in [6, 6.07) is 11.8. The second-order valence-corrected chi connectivity index (χ2v) is 8.93. The van der Waals surface area contributed by atoms with Gasteiger partial charge in [0.05, 0.1) is 30.2 Å². The van der Waals surface area contributed by atoms with Crippen molar-refractivity contribution in [3.05, 3.63) is 65.3 Å². The van der Waals surface area contributed by atoms with Crippen molar-refractivity contribution in [3.63, 3.8) is 0 Å². The van der Waals surface area contributed by atoms with Gasteiger partial charge in [-0.2, -0.15) is 0 Å². The monoisotopic (exact) mass is 488 g/mol. The second-order valence-electron chi connectivity index (χ2n) is 7.48. The molecule has 1 N–H and O–H groups in total. The molecule has 2 aromatic carbocycles. The lowest BCUT2D eigenvalue weighted by Gasteiger charge is -2.12. The Hall–Kier alpha value is -3.20. The number of halogens is 1. The minimum Gasteiger partial charge on any atom is -0.490 e. The highest BCUT2D eigenvalue weighted by atomic mass is 32.2. The number of hydrogen-bond donors (Lipinski definition) is 1. The van der Waals surface area contributed by atoms with Crippen LogP contribution in [0.15, 0.2) is 46.9 Å². The molecule has 0 saturated heterocycles. The molecule has 1 aromatic heterocycles. The van der Waals surface area contributed by atoms with E-state index in [0.29, 0.717) is 49.1 Å². The molecule has 0 saturated carbocycles. The number of carbonyl (C=O) groups excluding carboxylic acids is 1. The van der Waals surface area contributed by atoms with E-state index in [-0.39, 0.29) is 28.9 Å². The number of aryl methyl sites for hydroxylation is 1. The molecule has 0 aliphatic carbocycles. The summed E-state index contributed by atoms with van der Waals surface area (Å²) < 4.78 is 43.2. The van der Waals surface area contributed by atoms with Gasteiger partial charge >= 0.3 is 0 Å². The SMILES string of the molecule is CCOc1ccc(CCNC(=O)C[S@](=O)Cc2nc(-c3ccccc3F)oc2C)cc1OCC. The first kappa shape index (κ1) is 25.4. The highest BCUT2D eigenvalue weighted by Crippen LogP contribution is 2.28. The van der Waals surface area contributed by atoms with Gasteiger partial charge in [0.2, 0.25) is 11.8 Å². The van der Waals surface area contributed by atoms with Crippen LogP contribution in [0, 0.1) is 12.7 Å². The molecule has 0 fully saturated rings. The minimum atomic E-state index is -1.48. The van der Waals surface area contributed by atoms with Gasteiger partial charge in [-0.15, -0.1) is 0 Å². The van der Waals surface area contributed by atoms with E-state index in [0.717, 1.165) is 5.56 Å². The molecule has 0 aliphatic heterocycles. The van der Waals surface area contributed by atoms with Crippen LogP contribution in [-0.4, -0.2) is 40.6 Å². The van der Waals surface area contributed by atoms with Crippen molar-refractivity contribution in [1.82, 2.24) is 10.3 Å². The normalized spacial score (nSPS) is 11.8. The van der Waals surface area contributed by atoms with E-state index in [1.165, 1.54) is 6.07 Å². The summed E-state index contributed by atoms with van der Waals surface area (Å²) in [5, 5.41) is 2.79. The molecule has 9 heteroatoms. The molecule has 0 spiro atoms. The number of hydrogen-bond acceptors (Lipinski definition) is 6. The van der Waals surface area contributed by atoms with Crippen LogP contribution >= 0.6 is 0 Å². The number of nitrogens with zero attached hydrogens (tertiary/aromatic N) is 1. The van der Waals surface area contributed by atoms with Crippen LogP contribution in [0.3, 0.4) is 0 Å². The van der Waals surface area contributed by atoms with Crippen molar-refractivity contribution in [1.29, 1.82) is 0 Å². The molecule has 3 rings (SSSR count). The summed E-state index contributed by atoms with van der Waals surface area (Å²) in [6.07, 6.45) is 0.596. The van der Waals surface area contributed by atoms with E-state index in [9.17, 15) is 13.4 Å². The molecule has 0 unspecified atom stereocenters. The summed E-state index contributed by atoms with van der Waals surface area (Å²) in [5.41, 5.74) is 1.68. The van der Waals surface area contributed by atoms with Gasteiger partial charge in [0.1, 0.15) is 17.3 Å². The van der Waals surface area contributed by atoms with Crippen LogP contribution in [0.25, 0.3) is 11.5 Å². The zero-order chi connectivity index (χ0) is 24.5. The molecule has 34 heavy (non-hydrogen) atoms. The topological polar surface area (TPSA) is 90.7 Å². The number of oxazole rings is 1. The largest absolute Gasteiger partial charge is 0.490 e. The number of carbonyl (C=O) groups is 1. The molecule has 3 aromatic rings. The Morgan fingerprint density at radius 3 is 2.59 bits per heavy atom. The average molecular weight is 489 g/mol. The quantitative estimate of drug-likeness (QED) is 0.411. The Balaban J connectivity index is 1.50. The summed E-state index contributed by atoms with van der Waals surface area (Å²) in [6.45, 7) is 6.97. The summed E-state index contributed by atoms with van der Waals surface area (Å²) in [5.74, 6) is 1.08. The van der Waals surface area contributed by atoms with Gasteiger partial charge in [0.15, 0.2) is 11.5 Å². The standard InChI is InChI=1S/C25H29FN2O5S/c1-4-31-22-11-10-18(14-23(22)32-5-2)12-13-27-24(29)16-34(30)15-21-17(3)33-25(28-21)19-8-6-7-9-20(19)26/h6-11,14H,4-5,12-13,15-16H2,1-3H3,(H,27,29)/t34-/m1/s1. The van der Waals surface area contributed by atoms with E-state index in [4.69, 9.17) is 13.9 Å². The first-order chi connectivity index (χ1) is 16.4. The Kier molecular flexibility index (Phi) is 9.21. The van der Waals surface area contributed by atoms with Gasteiger partial charge < -0.3 is 19.2 Å². The molecule has 1 atom stereocenters. The zero-order valence-corrected chi connectivity index (χ0v) is 20.4. The van der Waals surface area contributed by atoms with Crippen molar-refractivity contribution >= 4 is 16.7 Å². The Bertz CT molecular complexity index is 1150. The molecule has 0 aliphatic rings. The molecule has 0 bridgehead atoms. The molecular formula is C25H29FN2O5S. The predicted octanol–water partition coefficient (Wildman–Crippen LogP) is 4.19. The number of amides is 1. The van der Waals surface area contributed by atoms with Crippen molar-refractivity contribution < 1.29 is 27.3 Å². The van der Waals surface area contributed by atoms with Crippen LogP contribution in [-0.2, 0) is 27.8 Å². The lowest BCUT2D eigenvalue weighted by atomic mass is 10.1. The maximum absolute atomic E-state index is 14.0. The highest BCUT2D eigenvalue weighted by Gasteiger charge is 2.17. The van der Waals surface area contributed by atoms with E-state index < -0.39 is 16.6 Å². The Labute approximate surface area is 201 Å². The van der Waals surface area contributed by atoms with Crippen LogP contribution < -0.4 is 14.8 Å². The Morgan fingerprint density at radius 2 is 1.85 bits per heavy atom. The second kappa shape index (κ2) is 12.3. The van der Waals surface area contributed by atoms with Crippen LogP contribution in [0.4, 0.5) is 4.39 Å². The minimum absolute atomic E-state index is 0.0494. The zero-order valence-electron chi connectivity index (χ0n) is 19.6. The van der Waals surface area contributed by atoms with Crippen LogP contribution in [0.5, 0.6) is 11.5 Å². The lowest BCUT2D eigenvalue weighted by Crippen LogP contribution is -2.30. The van der Waals surface area contributed by atoms with Gasteiger partial charge in [0, 0.05) is 17.3 Å². The molecule has 1 amide bonds. The van der Waals surface area contributed by atoms with Crippen molar-refractivity contribution in [2.75, 3.05) is 25.5 Å². The number of nitrogens with one attached hydrogen (secondary N) is 1. The lowest BCUT2D eigenvalue weighted by molar-refractivity contribution is -0.118. The fourth-order valence-electron chi connectivity index (χ4n) is 3.31. The smallest absolute Gasteiger partial charge is 0.232 e. The van der Waals surface area contributed by atoms with E-state index in [1.54, 1.807) is 25.1 Å². The van der Waals surface area contributed by atoms with Crippen molar-refractivity contribution in [2.45, 2.75) is 32.9 Å². The van der Waals surface area contributed by atoms with E-state index >= 15 is 0 Å². The Morgan fingerprint density at radius 1 is 1.12 bits per heavy atom. The molecular weight excluding hydrogens is 459 g/mol. The summed E-state index contributed by atoms with van der Waals surface area (Å²) in [7, 11) is -1.48. The average Bonchev–Trinajstić information content (AvgIpc) is 3.15. The first-order valence-electron chi connectivity index (χ1n) is 11.1. The predicted molar refractivity (Wildman–Crippen MR) is 129 cm³/mol. The molecule has 7 nitrogen and oxygen atoms in total. The molecule has 0 radical (unpaired) electrons. The first-order valence-corrected chi connectivity index (χ1v) is 12.6. The van der Waals surface area contributed by atoms with Crippen LogP contribution in [0.2, 0.25) is 0 Å². The van der Waals surface area contributed by atoms with Crippen LogP contribution in [0.1, 0.15) is 30.9 Å². The molecule has 182 valence electrons. The maximum atomic E-state index is 14.0. The maximum Gasteiger partial charge on any atom is 0.232 e. The third-order valence-corrected chi connectivity index (χ3v) is 6.11. The summed E-state index contributed by atoms with van der Waals surface area (Å²) in [4.78, 5) is 16.5.